The van der Waals surface area contributed by atoms with Crippen molar-refractivity contribution in [3.63, 3.8) is 0 Å². The van der Waals surface area contributed by atoms with Gasteiger partial charge in [0.1, 0.15) is 0 Å². The van der Waals surface area contributed by atoms with Crippen LogP contribution < -0.4 is 0 Å². The summed E-state index contributed by atoms with van der Waals surface area (Å²) >= 11 is 5.92. The molecule has 0 amide bonds. The van der Waals surface area contributed by atoms with E-state index in [2.05, 4.69) is 75.6 Å². The van der Waals surface area contributed by atoms with Crippen LogP contribution in [0.2, 0.25) is 5.02 Å². The zero-order chi connectivity index (χ0) is 36.5. The van der Waals surface area contributed by atoms with Crippen molar-refractivity contribution in [3.05, 3.63) is 148 Å². The second kappa shape index (κ2) is 19.8. The van der Waals surface area contributed by atoms with Crippen LogP contribution in [-0.4, -0.2) is 91.2 Å². The number of aliphatic carboxylic acids is 4. The van der Waals surface area contributed by atoms with Crippen LogP contribution in [0.25, 0.3) is 0 Å². The smallest absolute Gasteiger partial charge is 0.328 e. The van der Waals surface area contributed by atoms with E-state index in [0.29, 0.717) is 52.9 Å². The largest absolute Gasteiger partial charge is 0.478 e. The van der Waals surface area contributed by atoms with Gasteiger partial charge in [0.2, 0.25) is 5.78 Å². The van der Waals surface area contributed by atoms with Gasteiger partial charge in [-0.25, -0.2) is 19.2 Å². The van der Waals surface area contributed by atoms with Gasteiger partial charge < -0.3 is 24.9 Å². The van der Waals surface area contributed by atoms with Crippen molar-refractivity contribution >= 4 is 41.3 Å². The molecule has 14 heteroatoms. The van der Waals surface area contributed by atoms with Crippen molar-refractivity contribution in [2.24, 2.45) is 0 Å². The van der Waals surface area contributed by atoms with E-state index in [1.165, 1.54) is 11.1 Å². The van der Waals surface area contributed by atoms with E-state index in [1.54, 1.807) is 30.3 Å². The first-order valence-electron chi connectivity index (χ1n) is 15.0. The summed E-state index contributed by atoms with van der Waals surface area (Å²) in [5.41, 5.74) is 3.49. The van der Waals surface area contributed by atoms with E-state index in [0.717, 1.165) is 26.2 Å². The lowest BCUT2D eigenvalue weighted by atomic mass is 9.96. The number of rotatable bonds is 11. The van der Waals surface area contributed by atoms with Gasteiger partial charge in [-0.2, -0.15) is 0 Å². The molecule has 1 aromatic heterocycles. The summed E-state index contributed by atoms with van der Waals surface area (Å²) < 4.78 is 5.49. The molecule has 0 unspecified atom stereocenters. The molecule has 1 fully saturated rings. The number of piperazine rings is 1. The van der Waals surface area contributed by atoms with Crippen molar-refractivity contribution in [1.82, 2.24) is 15.0 Å². The Balaban J connectivity index is 0.000000352. The highest BCUT2D eigenvalue weighted by atomic mass is 35.5. The average Bonchev–Trinajstić information content (AvgIpc) is 3.57. The second-order valence-electron chi connectivity index (χ2n) is 10.6. The Morgan fingerprint density at radius 1 is 0.680 bits per heavy atom. The van der Waals surface area contributed by atoms with Gasteiger partial charge in [-0.15, -0.1) is 0 Å². The lowest BCUT2D eigenvalue weighted by Crippen LogP contribution is -2.47. The van der Waals surface area contributed by atoms with Gasteiger partial charge in [-0.1, -0.05) is 77.4 Å². The van der Waals surface area contributed by atoms with Crippen molar-refractivity contribution in [2.75, 3.05) is 26.2 Å². The molecular formula is C36H34ClN3O10. The van der Waals surface area contributed by atoms with E-state index < -0.39 is 23.9 Å². The van der Waals surface area contributed by atoms with Crippen LogP contribution in [0.1, 0.15) is 39.0 Å². The topological polar surface area (TPSA) is 199 Å². The second-order valence-corrected chi connectivity index (χ2v) is 11.0. The molecule has 5 rings (SSSR count). The minimum atomic E-state index is -1.26. The molecule has 0 aliphatic carbocycles. The molecule has 0 radical (unpaired) electrons. The number of halogens is 1. The summed E-state index contributed by atoms with van der Waals surface area (Å²) in [4.78, 5) is 55.8. The summed E-state index contributed by atoms with van der Waals surface area (Å²) in [6, 6.07) is 30.2. The lowest BCUT2D eigenvalue weighted by Gasteiger charge is -2.39. The van der Waals surface area contributed by atoms with Gasteiger partial charge >= 0.3 is 23.9 Å². The first kappa shape index (κ1) is 38.6. The number of benzene rings is 3. The monoisotopic (exact) mass is 703 g/mol. The number of hydrogen-bond donors (Lipinski definition) is 4. The maximum absolute atomic E-state index is 12.7. The highest BCUT2D eigenvalue weighted by Crippen LogP contribution is 2.29. The van der Waals surface area contributed by atoms with E-state index in [9.17, 15) is 24.0 Å². The Morgan fingerprint density at radius 2 is 1.12 bits per heavy atom. The molecule has 13 nitrogen and oxygen atoms in total. The first-order chi connectivity index (χ1) is 23.9. The normalized spacial score (nSPS) is 13.2. The molecule has 1 aliphatic heterocycles. The number of carboxylic acids is 4. The molecule has 4 aromatic rings. The third-order valence-electron chi connectivity index (χ3n) is 7.02. The zero-order valence-electron chi connectivity index (χ0n) is 26.5. The minimum absolute atomic E-state index is 0.162. The molecule has 50 heavy (non-hydrogen) atoms. The number of carbonyl (C=O) groups is 5. The fourth-order valence-corrected chi connectivity index (χ4v) is 4.94. The lowest BCUT2D eigenvalue weighted by molar-refractivity contribution is -0.134. The summed E-state index contributed by atoms with van der Waals surface area (Å²) in [6.07, 6.45) is 2.23. The number of carboxylic acid groups (broad SMARTS) is 4. The van der Waals surface area contributed by atoms with Crippen molar-refractivity contribution < 1.29 is 48.9 Å². The fourth-order valence-electron chi connectivity index (χ4n) is 4.81. The van der Waals surface area contributed by atoms with Crippen LogP contribution >= 0.6 is 11.6 Å². The third kappa shape index (κ3) is 13.3. The van der Waals surface area contributed by atoms with E-state index in [-0.39, 0.29) is 11.8 Å². The SMILES string of the molecule is O=C(O)/C=C\C(=O)O.O=C(O)/C=C\C(=O)O.O=C(c1ccc(Cl)cc1)c1cc(CN2CCN(C(c3ccccc3)c3ccccc3)CC2)on1. The molecule has 4 N–H and O–H groups in total. The summed E-state index contributed by atoms with van der Waals surface area (Å²) in [5, 5.41) is 35.9. The quantitative estimate of drug-likeness (QED) is 0.122. The molecule has 0 bridgehead atoms. The Labute approximate surface area is 291 Å². The van der Waals surface area contributed by atoms with Crippen LogP contribution in [0.5, 0.6) is 0 Å². The van der Waals surface area contributed by atoms with Gasteiger partial charge in [-0.05, 0) is 35.4 Å². The molecule has 2 heterocycles. The zero-order valence-corrected chi connectivity index (χ0v) is 27.3. The number of hydrogen-bond acceptors (Lipinski definition) is 9. The van der Waals surface area contributed by atoms with Crippen molar-refractivity contribution in [1.29, 1.82) is 0 Å². The summed E-state index contributed by atoms with van der Waals surface area (Å²) in [6.45, 7) is 4.35. The number of aromatic nitrogens is 1. The van der Waals surface area contributed by atoms with Gasteiger partial charge in [-0.3, -0.25) is 14.6 Å². The molecule has 0 atom stereocenters. The summed E-state index contributed by atoms with van der Waals surface area (Å²) in [7, 11) is 0. The number of ketones is 1. The van der Waals surface area contributed by atoms with Gasteiger partial charge in [0, 0.05) is 67.1 Å². The van der Waals surface area contributed by atoms with E-state index >= 15 is 0 Å². The Hall–Kier alpha value is -5.89. The molecule has 1 aliphatic rings. The van der Waals surface area contributed by atoms with Crippen LogP contribution in [0.4, 0.5) is 0 Å². The first-order valence-corrected chi connectivity index (χ1v) is 15.4. The molecule has 0 saturated carbocycles. The highest BCUT2D eigenvalue weighted by molar-refractivity contribution is 6.30. The average molecular weight is 704 g/mol. The molecular weight excluding hydrogens is 670 g/mol. The van der Waals surface area contributed by atoms with Crippen LogP contribution in [0.3, 0.4) is 0 Å². The highest BCUT2D eigenvalue weighted by Gasteiger charge is 2.27. The van der Waals surface area contributed by atoms with Gasteiger partial charge in [0.25, 0.3) is 0 Å². The molecule has 1 saturated heterocycles. The Bertz CT molecular complexity index is 1680. The molecule has 260 valence electrons. The standard InChI is InChI=1S/C28H26ClN3O2.2C4H4O4/c29-24-13-11-23(12-14-24)28(33)26-19-25(34-30-26)20-31-15-17-32(18-16-31)27(21-7-3-1-4-8-21)22-9-5-2-6-10-22;2*5-3(6)1-2-4(7)8/h1-14,19,27H,15-18,20H2;2*1-2H,(H,5,6)(H,7,8)/b;2*2-1-. The Morgan fingerprint density at radius 3 is 1.54 bits per heavy atom. The van der Waals surface area contributed by atoms with E-state index in [4.69, 9.17) is 36.6 Å². The van der Waals surface area contributed by atoms with Crippen LogP contribution in [0, 0.1) is 0 Å². The van der Waals surface area contributed by atoms with Crippen LogP contribution in [0.15, 0.2) is 120 Å². The predicted molar refractivity (Wildman–Crippen MR) is 182 cm³/mol. The molecule has 3 aromatic carbocycles. The maximum atomic E-state index is 12.7. The van der Waals surface area contributed by atoms with E-state index in [1.807, 2.05) is 0 Å². The van der Waals surface area contributed by atoms with Crippen LogP contribution in [-0.2, 0) is 25.7 Å². The van der Waals surface area contributed by atoms with Crippen molar-refractivity contribution in [2.45, 2.75) is 12.6 Å². The predicted octanol–water partition coefficient (Wildman–Crippen LogP) is 4.89. The summed E-state index contributed by atoms with van der Waals surface area (Å²) in [5.74, 6) is -4.49. The minimum Gasteiger partial charge on any atom is -0.478 e. The maximum Gasteiger partial charge on any atom is 0.328 e. The number of nitrogens with zero attached hydrogens (tertiary/aromatic N) is 3. The van der Waals surface area contributed by atoms with Gasteiger partial charge in [0.05, 0.1) is 12.6 Å². The molecule has 0 spiro atoms. The third-order valence-corrected chi connectivity index (χ3v) is 7.27. The Kier molecular flexibility index (Phi) is 15.3. The van der Waals surface area contributed by atoms with Gasteiger partial charge in [0.15, 0.2) is 11.5 Å². The number of carbonyl (C=O) groups excluding carboxylic acids is 1. The van der Waals surface area contributed by atoms with Crippen molar-refractivity contribution in [3.8, 4) is 0 Å². The fraction of sp³-hybridized carbons (Fsp3) is 0.167.